The fourth-order valence-corrected chi connectivity index (χ4v) is 3.21. The van der Waals surface area contributed by atoms with Crippen molar-refractivity contribution in [2.24, 2.45) is 0 Å². The van der Waals surface area contributed by atoms with Crippen LogP contribution in [0, 0.1) is 0 Å². The van der Waals surface area contributed by atoms with Crippen molar-refractivity contribution in [3.05, 3.63) is 0 Å². The van der Waals surface area contributed by atoms with Crippen LogP contribution in [0.3, 0.4) is 0 Å². The minimum Gasteiger partial charge on any atom is -0.355 e. The Balaban J connectivity index is 2.18. The van der Waals surface area contributed by atoms with E-state index in [2.05, 4.69) is 30.7 Å². The third-order valence-corrected chi connectivity index (χ3v) is 4.88. The maximum Gasteiger partial charge on any atom is 0.221 e. The third kappa shape index (κ3) is 5.30. The molecule has 0 aliphatic heterocycles. The van der Waals surface area contributed by atoms with Crippen LogP contribution in [-0.4, -0.2) is 36.0 Å². The van der Waals surface area contributed by atoms with Gasteiger partial charge in [-0.25, -0.2) is 0 Å². The molecule has 1 rings (SSSR count). The molecule has 100 valence electrons. The van der Waals surface area contributed by atoms with Gasteiger partial charge in [0.2, 0.25) is 5.91 Å². The monoisotopic (exact) mass is 258 g/mol. The normalized spacial score (nSPS) is 18.6. The Morgan fingerprint density at radius 3 is 2.53 bits per heavy atom. The lowest BCUT2D eigenvalue weighted by Crippen LogP contribution is -2.39. The zero-order valence-corrected chi connectivity index (χ0v) is 12.2. The molecule has 0 spiro atoms. The number of hydrogen-bond acceptors (Lipinski definition) is 3. The molecule has 2 N–H and O–H groups in total. The third-order valence-electron chi connectivity index (χ3n) is 3.46. The molecule has 1 fully saturated rings. The lowest BCUT2D eigenvalue weighted by atomic mass is 10.1. The van der Waals surface area contributed by atoms with Crippen molar-refractivity contribution in [1.82, 2.24) is 10.6 Å². The minimum absolute atomic E-state index is 0.179. The van der Waals surface area contributed by atoms with Gasteiger partial charge in [-0.1, -0.05) is 26.7 Å². The topological polar surface area (TPSA) is 41.1 Å². The Hall–Kier alpha value is -0.220. The molecule has 0 aromatic carbocycles. The van der Waals surface area contributed by atoms with E-state index in [4.69, 9.17) is 0 Å². The van der Waals surface area contributed by atoms with Gasteiger partial charge in [-0.2, -0.15) is 11.8 Å². The number of nitrogens with one attached hydrogen (secondary N) is 2. The van der Waals surface area contributed by atoms with Crippen LogP contribution in [0.25, 0.3) is 0 Å². The number of rotatable bonds is 7. The summed E-state index contributed by atoms with van der Waals surface area (Å²) in [6.45, 7) is 5.81. The second kappa shape index (κ2) is 7.27. The van der Waals surface area contributed by atoms with Crippen LogP contribution in [-0.2, 0) is 4.79 Å². The van der Waals surface area contributed by atoms with Crippen LogP contribution >= 0.6 is 11.8 Å². The smallest absolute Gasteiger partial charge is 0.221 e. The molecule has 17 heavy (non-hydrogen) atoms. The highest BCUT2D eigenvalue weighted by molar-refractivity contribution is 8.00. The van der Waals surface area contributed by atoms with Crippen molar-refractivity contribution >= 4 is 17.7 Å². The molecule has 1 aliphatic carbocycles. The van der Waals surface area contributed by atoms with E-state index >= 15 is 0 Å². The van der Waals surface area contributed by atoms with Gasteiger partial charge in [-0.3, -0.25) is 4.79 Å². The minimum atomic E-state index is 0.179. The van der Waals surface area contributed by atoms with Crippen LogP contribution in [0.2, 0.25) is 0 Å². The van der Waals surface area contributed by atoms with E-state index in [0.29, 0.717) is 17.2 Å². The van der Waals surface area contributed by atoms with Crippen molar-refractivity contribution < 1.29 is 4.79 Å². The van der Waals surface area contributed by atoms with Gasteiger partial charge >= 0.3 is 0 Å². The number of carbonyl (C=O) groups excluding carboxylic acids is 1. The summed E-state index contributed by atoms with van der Waals surface area (Å²) < 4.78 is 0.321. The molecule has 0 radical (unpaired) electrons. The van der Waals surface area contributed by atoms with Gasteiger partial charge in [0, 0.05) is 30.3 Å². The molecule has 0 aromatic heterocycles. The maximum atomic E-state index is 11.7. The standard InChI is InChI=1S/C13H26N2OS/c1-11(2)14-9-6-12(16)15-10-13(17-3)7-4-5-8-13/h11,14H,4-10H2,1-3H3,(H,15,16). The summed E-state index contributed by atoms with van der Waals surface area (Å²) in [7, 11) is 0. The molecule has 4 heteroatoms. The van der Waals surface area contributed by atoms with Crippen LogP contribution < -0.4 is 10.6 Å². The Bertz CT molecular complexity index is 238. The molecule has 0 bridgehead atoms. The number of thioether (sulfide) groups is 1. The van der Waals surface area contributed by atoms with E-state index in [1.54, 1.807) is 0 Å². The molecule has 3 nitrogen and oxygen atoms in total. The molecule has 1 amide bonds. The summed E-state index contributed by atoms with van der Waals surface area (Å²) in [5.74, 6) is 0.179. The van der Waals surface area contributed by atoms with E-state index in [1.165, 1.54) is 25.7 Å². The van der Waals surface area contributed by atoms with Crippen LogP contribution in [0.1, 0.15) is 46.0 Å². The number of carbonyl (C=O) groups is 1. The highest BCUT2D eigenvalue weighted by atomic mass is 32.2. The Kier molecular flexibility index (Phi) is 6.34. The van der Waals surface area contributed by atoms with E-state index < -0.39 is 0 Å². The van der Waals surface area contributed by atoms with E-state index in [0.717, 1.165) is 13.1 Å². The summed E-state index contributed by atoms with van der Waals surface area (Å²) in [4.78, 5) is 11.7. The average molecular weight is 258 g/mol. The first-order valence-corrected chi connectivity index (χ1v) is 7.86. The predicted octanol–water partition coefficient (Wildman–Crippen LogP) is 2.17. The Morgan fingerprint density at radius 2 is 2.00 bits per heavy atom. The van der Waals surface area contributed by atoms with Gasteiger partial charge in [0.05, 0.1) is 0 Å². The molecule has 1 saturated carbocycles. The lowest BCUT2D eigenvalue weighted by molar-refractivity contribution is -0.121. The quantitative estimate of drug-likeness (QED) is 0.735. The molecule has 0 aromatic rings. The summed E-state index contributed by atoms with van der Waals surface area (Å²) >= 11 is 1.92. The van der Waals surface area contributed by atoms with Crippen molar-refractivity contribution in [3.8, 4) is 0 Å². The summed E-state index contributed by atoms with van der Waals surface area (Å²) in [6, 6.07) is 0.454. The first kappa shape index (κ1) is 14.8. The molecule has 0 heterocycles. The largest absolute Gasteiger partial charge is 0.355 e. The maximum absolute atomic E-state index is 11.7. The van der Waals surface area contributed by atoms with Crippen molar-refractivity contribution in [1.29, 1.82) is 0 Å². The summed E-state index contributed by atoms with van der Waals surface area (Å²) in [5.41, 5.74) is 0. The molecular formula is C13H26N2OS. The van der Waals surface area contributed by atoms with E-state index in [-0.39, 0.29) is 5.91 Å². The van der Waals surface area contributed by atoms with Gasteiger partial charge < -0.3 is 10.6 Å². The predicted molar refractivity (Wildman–Crippen MR) is 75.5 cm³/mol. The zero-order valence-electron chi connectivity index (χ0n) is 11.3. The Labute approximate surface area is 109 Å². The molecule has 1 aliphatic rings. The van der Waals surface area contributed by atoms with E-state index in [9.17, 15) is 4.79 Å². The SMILES string of the molecule is CSC1(CNC(=O)CCNC(C)C)CCCC1. The van der Waals surface area contributed by atoms with Crippen LogP contribution in [0.4, 0.5) is 0 Å². The second-order valence-electron chi connectivity index (χ2n) is 5.23. The van der Waals surface area contributed by atoms with Crippen molar-refractivity contribution in [2.75, 3.05) is 19.3 Å². The highest BCUT2D eigenvalue weighted by Gasteiger charge is 2.32. The summed E-state index contributed by atoms with van der Waals surface area (Å²) in [5, 5.41) is 6.35. The zero-order chi connectivity index (χ0) is 12.7. The van der Waals surface area contributed by atoms with Crippen LogP contribution in [0.5, 0.6) is 0 Å². The van der Waals surface area contributed by atoms with E-state index in [1.807, 2.05) is 11.8 Å². The van der Waals surface area contributed by atoms with Gasteiger partial charge in [0.1, 0.15) is 0 Å². The van der Waals surface area contributed by atoms with Crippen molar-refractivity contribution in [2.45, 2.75) is 56.7 Å². The van der Waals surface area contributed by atoms with Crippen molar-refractivity contribution in [3.63, 3.8) is 0 Å². The second-order valence-corrected chi connectivity index (χ2v) is 6.50. The molecular weight excluding hydrogens is 232 g/mol. The molecule has 0 saturated heterocycles. The number of hydrogen-bond donors (Lipinski definition) is 2. The first-order chi connectivity index (χ1) is 8.08. The lowest BCUT2D eigenvalue weighted by Gasteiger charge is -2.26. The van der Waals surface area contributed by atoms with Crippen LogP contribution in [0.15, 0.2) is 0 Å². The van der Waals surface area contributed by atoms with Gasteiger partial charge in [0.25, 0.3) is 0 Å². The first-order valence-electron chi connectivity index (χ1n) is 6.63. The van der Waals surface area contributed by atoms with Gasteiger partial charge in [0.15, 0.2) is 0 Å². The fourth-order valence-electron chi connectivity index (χ4n) is 2.29. The Morgan fingerprint density at radius 1 is 1.35 bits per heavy atom. The molecule has 0 atom stereocenters. The van der Waals surface area contributed by atoms with Gasteiger partial charge in [-0.15, -0.1) is 0 Å². The fraction of sp³-hybridized carbons (Fsp3) is 0.923. The van der Waals surface area contributed by atoms with Gasteiger partial charge in [-0.05, 0) is 19.1 Å². The number of amides is 1. The summed E-state index contributed by atoms with van der Waals surface area (Å²) in [6.07, 6.45) is 7.87. The average Bonchev–Trinajstić information content (AvgIpc) is 2.75. The highest BCUT2D eigenvalue weighted by Crippen LogP contribution is 2.39. The molecule has 0 unspecified atom stereocenters.